The average molecular weight is 470 g/mol. The number of hydroxylamine groups is 2. The summed E-state index contributed by atoms with van der Waals surface area (Å²) in [5.74, 6) is -1.62. The van der Waals surface area contributed by atoms with Gasteiger partial charge in [0.2, 0.25) is 11.8 Å². The molecular weight excluding hydrogens is 434 g/mol. The Hall–Kier alpha value is -2.77. The maximum Gasteiger partial charge on any atom is 0.250 e. The molecule has 33 heavy (non-hydrogen) atoms. The molecule has 0 aliphatic carbocycles. The average Bonchev–Trinajstić information content (AvgIpc) is 2.79. The van der Waals surface area contributed by atoms with Crippen LogP contribution in [0.25, 0.3) is 0 Å². The monoisotopic (exact) mass is 469 g/mol. The van der Waals surface area contributed by atoms with Crippen LogP contribution in [0.5, 0.6) is 0 Å². The number of nitrogens with zero attached hydrogens (tertiary/aromatic N) is 1. The smallest absolute Gasteiger partial charge is 0.250 e. The Labute approximate surface area is 202 Å². The van der Waals surface area contributed by atoms with Crippen LogP contribution in [-0.2, 0) is 22.4 Å². The fourth-order valence-electron chi connectivity index (χ4n) is 3.82. The predicted molar refractivity (Wildman–Crippen MR) is 135 cm³/mol. The maximum atomic E-state index is 13.1. The number of rotatable bonds is 13. The highest BCUT2D eigenvalue weighted by Gasteiger charge is 2.32. The second-order valence-electron chi connectivity index (χ2n) is 8.77. The number of aryl methyl sites for hydroxylation is 1. The minimum Gasteiger partial charge on any atom is -0.378 e. The summed E-state index contributed by atoms with van der Waals surface area (Å²) in [5.41, 5.74) is 7.55. The SMILES string of the molecule is CC(C)C[C@H](CC(N)=O)C(=O)N(O)[C@@H](Cc1ccccc1)C(=S)NCCCc1ccccc1. The number of hydrogen-bond acceptors (Lipinski definition) is 4. The molecule has 2 amide bonds. The second-order valence-corrected chi connectivity index (χ2v) is 9.21. The fourth-order valence-corrected chi connectivity index (χ4v) is 4.10. The number of hydrogen-bond donors (Lipinski definition) is 3. The van der Waals surface area contributed by atoms with E-state index in [2.05, 4.69) is 17.4 Å². The van der Waals surface area contributed by atoms with E-state index < -0.39 is 23.8 Å². The van der Waals surface area contributed by atoms with E-state index in [1.807, 2.05) is 62.4 Å². The van der Waals surface area contributed by atoms with Gasteiger partial charge in [-0.05, 0) is 36.3 Å². The Morgan fingerprint density at radius 3 is 2.15 bits per heavy atom. The van der Waals surface area contributed by atoms with Crippen LogP contribution in [0.4, 0.5) is 0 Å². The highest BCUT2D eigenvalue weighted by molar-refractivity contribution is 7.80. The summed E-state index contributed by atoms with van der Waals surface area (Å²) >= 11 is 5.61. The molecule has 0 spiro atoms. The van der Waals surface area contributed by atoms with Crippen LogP contribution in [0.2, 0.25) is 0 Å². The lowest BCUT2D eigenvalue weighted by Crippen LogP contribution is -2.50. The summed E-state index contributed by atoms with van der Waals surface area (Å²) in [6.45, 7) is 4.55. The van der Waals surface area contributed by atoms with Gasteiger partial charge in [0.1, 0.15) is 11.0 Å². The molecule has 0 saturated carbocycles. The van der Waals surface area contributed by atoms with Gasteiger partial charge in [0, 0.05) is 25.3 Å². The van der Waals surface area contributed by atoms with E-state index in [0.717, 1.165) is 18.4 Å². The van der Waals surface area contributed by atoms with Crippen LogP contribution in [-0.4, -0.2) is 39.7 Å². The number of amides is 2. The topological polar surface area (TPSA) is 95.7 Å². The van der Waals surface area contributed by atoms with Crippen LogP contribution in [0.3, 0.4) is 0 Å². The Bertz CT molecular complexity index is 890. The van der Waals surface area contributed by atoms with Crippen molar-refractivity contribution in [3.05, 3.63) is 71.8 Å². The molecule has 7 heteroatoms. The van der Waals surface area contributed by atoms with Crippen LogP contribution in [0.15, 0.2) is 60.7 Å². The number of benzene rings is 2. The number of carbonyl (C=O) groups is 2. The summed E-state index contributed by atoms with van der Waals surface area (Å²) < 4.78 is 0. The summed E-state index contributed by atoms with van der Waals surface area (Å²) in [4.78, 5) is 25.1. The Balaban J connectivity index is 2.09. The summed E-state index contributed by atoms with van der Waals surface area (Å²) in [6.07, 6.45) is 2.46. The lowest BCUT2D eigenvalue weighted by Gasteiger charge is -2.30. The quantitative estimate of drug-likeness (QED) is 0.179. The van der Waals surface area contributed by atoms with E-state index in [1.165, 1.54) is 5.56 Å². The van der Waals surface area contributed by atoms with E-state index in [1.54, 1.807) is 0 Å². The first-order chi connectivity index (χ1) is 15.8. The Kier molecular flexibility index (Phi) is 11.0. The molecule has 6 nitrogen and oxygen atoms in total. The van der Waals surface area contributed by atoms with E-state index in [0.29, 0.717) is 29.4 Å². The molecule has 2 rings (SSSR count). The van der Waals surface area contributed by atoms with Gasteiger partial charge in [-0.15, -0.1) is 0 Å². The van der Waals surface area contributed by atoms with Crippen molar-refractivity contribution in [2.75, 3.05) is 6.54 Å². The van der Waals surface area contributed by atoms with Gasteiger partial charge in [-0.25, -0.2) is 5.06 Å². The molecule has 2 aromatic rings. The van der Waals surface area contributed by atoms with Crippen molar-refractivity contribution in [2.45, 2.75) is 52.0 Å². The van der Waals surface area contributed by atoms with Crippen LogP contribution in [0, 0.1) is 11.8 Å². The van der Waals surface area contributed by atoms with Crippen molar-refractivity contribution >= 4 is 29.0 Å². The van der Waals surface area contributed by atoms with Crippen molar-refractivity contribution in [2.24, 2.45) is 17.6 Å². The van der Waals surface area contributed by atoms with Crippen molar-refractivity contribution in [1.29, 1.82) is 0 Å². The van der Waals surface area contributed by atoms with Crippen LogP contribution < -0.4 is 11.1 Å². The van der Waals surface area contributed by atoms with E-state index >= 15 is 0 Å². The van der Waals surface area contributed by atoms with E-state index in [9.17, 15) is 14.8 Å². The Morgan fingerprint density at radius 1 is 1.03 bits per heavy atom. The third kappa shape index (κ3) is 9.32. The lowest BCUT2D eigenvalue weighted by molar-refractivity contribution is -0.176. The van der Waals surface area contributed by atoms with Gasteiger partial charge < -0.3 is 11.1 Å². The van der Waals surface area contributed by atoms with Crippen LogP contribution >= 0.6 is 12.2 Å². The number of nitrogens with one attached hydrogen (secondary N) is 1. The molecule has 0 fully saturated rings. The molecule has 0 unspecified atom stereocenters. The van der Waals surface area contributed by atoms with Gasteiger partial charge in [0.05, 0.1) is 0 Å². The van der Waals surface area contributed by atoms with Gasteiger partial charge in [0.15, 0.2) is 0 Å². The van der Waals surface area contributed by atoms with Gasteiger partial charge in [-0.2, -0.15) is 0 Å². The van der Waals surface area contributed by atoms with Gasteiger partial charge in [-0.3, -0.25) is 14.8 Å². The van der Waals surface area contributed by atoms with Crippen molar-refractivity contribution in [1.82, 2.24) is 10.4 Å². The van der Waals surface area contributed by atoms with Gasteiger partial charge in [-0.1, -0.05) is 86.7 Å². The van der Waals surface area contributed by atoms with Gasteiger partial charge >= 0.3 is 0 Å². The zero-order valence-corrected chi connectivity index (χ0v) is 20.3. The van der Waals surface area contributed by atoms with E-state index in [-0.39, 0.29) is 12.3 Å². The zero-order valence-electron chi connectivity index (χ0n) is 19.4. The Morgan fingerprint density at radius 2 is 1.61 bits per heavy atom. The molecule has 2 atom stereocenters. The fraction of sp³-hybridized carbons (Fsp3) is 0.423. The summed E-state index contributed by atoms with van der Waals surface area (Å²) in [6, 6.07) is 19.0. The molecule has 0 aliphatic heterocycles. The number of carbonyl (C=O) groups excluding carboxylic acids is 2. The molecule has 4 N–H and O–H groups in total. The first kappa shape index (κ1) is 26.5. The number of thiocarbonyl (C=S) groups is 1. The third-order valence-electron chi connectivity index (χ3n) is 5.43. The first-order valence-electron chi connectivity index (χ1n) is 11.4. The highest BCUT2D eigenvalue weighted by atomic mass is 32.1. The standard InChI is InChI=1S/C26H35N3O3S/c1-19(2)16-22(18-24(27)30)26(31)29(32)23(17-21-12-7-4-8-13-21)25(33)28-15-9-14-20-10-5-3-6-11-20/h3-8,10-13,19,22-23,32H,9,14-18H2,1-2H3,(H2,27,30)(H,28,33)/t22-,23+/m1/s1. The summed E-state index contributed by atoms with van der Waals surface area (Å²) in [7, 11) is 0. The van der Waals surface area contributed by atoms with Crippen molar-refractivity contribution in [3.63, 3.8) is 0 Å². The van der Waals surface area contributed by atoms with Crippen molar-refractivity contribution < 1.29 is 14.8 Å². The number of primary amides is 1. The van der Waals surface area contributed by atoms with Crippen molar-refractivity contribution in [3.8, 4) is 0 Å². The number of nitrogens with two attached hydrogens (primary N) is 1. The molecule has 2 aromatic carbocycles. The molecule has 0 aromatic heterocycles. The molecule has 0 radical (unpaired) electrons. The molecular formula is C26H35N3O3S. The molecule has 0 saturated heterocycles. The zero-order chi connectivity index (χ0) is 24.2. The predicted octanol–water partition coefficient (Wildman–Crippen LogP) is 3.90. The molecule has 178 valence electrons. The molecule has 0 heterocycles. The minimum absolute atomic E-state index is 0.108. The third-order valence-corrected chi connectivity index (χ3v) is 5.85. The minimum atomic E-state index is -0.742. The lowest BCUT2D eigenvalue weighted by atomic mass is 9.92. The summed E-state index contributed by atoms with van der Waals surface area (Å²) in [5, 5.41) is 14.9. The normalized spacial score (nSPS) is 12.7. The molecule has 0 aliphatic rings. The van der Waals surface area contributed by atoms with Gasteiger partial charge in [0.25, 0.3) is 0 Å². The van der Waals surface area contributed by atoms with Crippen LogP contribution in [0.1, 0.15) is 44.2 Å². The largest absolute Gasteiger partial charge is 0.378 e. The second kappa shape index (κ2) is 13.7. The van der Waals surface area contributed by atoms with E-state index in [4.69, 9.17) is 18.0 Å². The first-order valence-corrected chi connectivity index (χ1v) is 11.8. The molecule has 0 bridgehead atoms. The highest BCUT2D eigenvalue weighted by Crippen LogP contribution is 2.20. The maximum absolute atomic E-state index is 13.1.